The van der Waals surface area contributed by atoms with E-state index >= 15 is 0 Å². The Labute approximate surface area is 182 Å². The molecule has 0 N–H and O–H groups in total. The zero-order valence-electron chi connectivity index (χ0n) is 14.3. The minimum atomic E-state index is -4.45. The van der Waals surface area contributed by atoms with Gasteiger partial charge in [-0.15, -0.1) is 0 Å². The summed E-state index contributed by atoms with van der Waals surface area (Å²) in [5.74, 6) is 0. The van der Waals surface area contributed by atoms with Crippen molar-refractivity contribution in [2.24, 2.45) is 0 Å². The summed E-state index contributed by atoms with van der Waals surface area (Å²) in [6, 6.07) is 9.05. The Kier molecular flexibility index (Phi) is 8.94. The van der Waals surface area contributed by atoms with Crippen LogP contribution in [0, 0.1) is 0 Å². The van der Waals surface area contributed by atoms with Gasteiger partial charge in [0.1, 0.15) is 10.1 Å². The molecule has 0 aliphatic heterocycles. The first-order chi connectivity index (χ1) is 10.5. The molecule has 2 aromatic rings. The van der Waals surface area contributed by atoms with E-state index in [1.54, 1.807) is 6.07 Å². The van der Waals surface area contributed by atoms with Gasteiger partial charge in [-0.1, -0.05) is 44.9 Å². The third-order valence-electron chi connectivity index (χ3n) is 3.99. The summed E-state index contributed by atoms with van der Waals surface area (Å²) >= 11 is 0. The number of rotatable bonds is 7. The molecule has 0 atom stereocenters. The van der Waals surface area contributed by atoms with E-state index in [9.17, 15) is 13.0 Å². The molecule has 120 valence electrons. The number of fused-ring (bicyclic) bond motifs is 1. The molecular weight excluding hydrogens is 335 g/mol. The molecule has 0 heterocycles. The number of aryl methyl sites for hydroxylation is 2. The normalized spacial score (nSPS) is 11.4. The maximum atomic E-state index is 11.5. The van der Waals surface area contributed by atoms with Gasteiger partial charge in [-0.3, -0.25) is 0 Å². The van der Waals surface area contributed by atoms with Crippen LogP contribution in [-0.4, -0.2) is 13.0 Å². The van der Waals surface area contributed by atoms with Crippen molar-refractivity contribution in [1.29, 1.82) is 0 Å². The summed E-state index contributed by atoms with van der Waals surface area (Å²) in [7, 11) is -4.45. The summed E-state index contributed by atoms with van der Waals surface area (Å²) < 4.78 is 34.6. The fraction of sp³-hybridized carbons (Fsp3) is 0.444. The Bertz CT molecular complexity index is 754. The molecule has 0 aliphatic rings. The van der Waals surface area contributed by atoms with E-state index in [-0.39, 0.29) is 56.3 Å². The molecule has 23 heavy (non-hydrogen) atoms. The molecule has 2 aromatic carbocycles. The monoisotopic (exact) mass is 358 g/mol. The third-order valence-corrected chi connectivity index (χ3v) is 4.88. The van der Waals surface area contributed by atoms with E-state index in [1.807, 2.05) is 12.1 Å². The second kappa shape index (κ2) is 9.66. The van der Waals surface area contributed by atoms with Crippen molar-refractivity contribution in [1.82, 2.24) is 0 Å². The Morgan fingerprint density at radius 2 is 1.61 bits per heavy atom. The van der Waals surface area contributed by atoms with E-state index in [2.05, 4.69) is 19.9 Å². The molecule has 0 radical (unpaired) electrons. The predicted molar refractivity (Wildman–Crippen MR) is 89.1 cm³/mol. The van der Waals surface area contributed by atoms with Gasteiger partial charge in [-0.05, 0) is 59.7 Å². The number of hydrogen-bond donors (Lipinski definition) is 0. The number of hydrogen-bond acceptors (Lipinski definition) is 3. The SMILES string of the molecule is CCCCc1cc(CCCC)c2cccc(S(=O)(=O)[O-])c2c1.[K+]. The van der Waals surface area contributed by atoms with Gasteiger partial charge in [0, 0.05) is 0 Å². The fourth-order valence-corrected chi connectivity index (χ4v) is 3.50. The molecule has 0 saturated carbocycles. The molecule has 0 spiro atoms. The van der Waals surface area contributed by atoms with Crippen LogP contribution in [0.2, 0.25) is 0 Å². The second-order valence-corrected chi connectivity index (χ2v) is 7.12. The largest absolute Gasteiger partial charge is 1.00 e. The standard InChI is InChI=1S/C18H24O3S.K/c1-3-5-8-14-12-15(9-6-4-2)16-10-7-11-18(17(16)13-14)22(19,20)21;/h7,10-13H,3-6,8-9H2,1-2H3,(H,19,20,21);/q;+1/p-1. The quantitative estimate of drug-likeness (QED) is 0.556. The molecule has 5 heteroatoms. The Hall–Kier alpha value is 0.246. The molecule has 0 fully saturated rings. The van der Waals surface area contributed by atoms with Gasteiger partial charge in [0.05, 0.1) is 4.90 Å². The van der Waals surface area contributed by atoms with Crippen LogP contribution in [0.3, 0.4) is 0 Å². The van der Waals surface area contributed by atoms with Crippen molar-refractivity contribution in [2.45, 2.75) is 57.3 Å². The van der Waals surface area contributed by atoms with Crippen molar-refractivity contribution in [3.05, 3.63) is 41.5 Å². The Balaban J connectivity index is 0.00000264. The van der Waals surface area contributed by atoms with E-state index in [1.165, 1.54) is 6.07 Å². The fourth-order valence-electron chi connectivity index (χ4n) is 2.82. The van der Waals surface area contributed by atoms with Gasteiger partial charge in [-0.2, -0.15) is 0 Å². The van der Waals surface area contributed by atoms with Crippen LogP contribution in [0.1, 0.15) is 50.7 Å². The predicted octanol–water partition coefficient (Wildman–Crippen LogP) is 1.43. The summed E-state index contributed by atoms with van der Waals surface area (Å²) in [5.41, 5.74) is 2.27. The topological polar surface area (TPSA) is 57.2 Å². The van der Waals surface area contributed by atoms with Crippen LogP contribution in [-0.2, 0) is 23.0 Å². The van der Waals surface area contributed by atoms with E-state index in [0.717, 1.165) is 55.0 Å². The molecule has 0 amide bonds. The zero-order valence-corrected chi connectivity index (χ0v) is 18.2. The molecule has 0 aliphatic carbocycles. The molecule has 0 bridgehead atoms. The first-order valence-corrected chi connectivity index (χ1v) is 9.38. The van der Waals surface area contributed by atoms with E-state index in [4.69, 9.17) is 0 Å². The molecule has 2 rings (SSSR count). The summed E-state index contributed by atoms with van der Waals surface area (Å²) in [5, 5.41) is 1.47. The maximum Gasteiger partial charge on any atom is 1.00 e. The smallest absolute Gasteiger partial charge is 0.744 e. The van der Waals surface area contributed by atoms with Crippen molar-refractivity contribution < 1.29 is 64.4 Å². The molecular formula is C18H23KO3S. The number of unbranched alkanes of at least 4 members (excludes halogenated alkanes) is 2. The Morgan fingerprint density at radius 1 is 0.957 bits per heavy atom. The molecule has 3 nitrogen and oxygen atoms in total. The van der Waals surface area contributed by atoms with Gasteiger partial charge >= 0.3 is 51.4 Å². The van der Waals surface area contributed by atoms with Gasteiger partial charge in [0.25, 0.3) is 0 Å². The van der Waals surface area contributed by atoms with Crippen LogP contribution < -0.4 is 51.4 Å². The van der Waals surface area contributed by atoms with Gasteiger partial charge in [0.15, 0.2) is 0 Å². The molecule has 0 aromatic heterocycles. The Morgan fingerprint density at radius 3 is 2.22 bits per heavy atom. The van der Waals surface area contributed by atoms with Gasteiger partial charge in [-0.25, -0.2) is 8.42 Å². The summed E-state index contributed by atoms with van der Waals surface area (Å²) in [4.78, 5) is -0.0962. The van der Waals surface area contributed by atoms with E-state index in [0.29, 0.717) is 5.39 Å². The third kappa shape index (κ3) is 5.63. The second-order valence-electron chi connectivity index (χ2n) is 5.77. The number of benzene rings is 2. The van der Waals surface area contributed by atoms with Crippen molar-refractivity contribution in [3.63, 3.8) is 0 Å². The first kappa shape index (κ1) is 21.3. The van der Waals surface area contributed by atoms with Crippen LogP contribution in [0.25, 0.3) is 10.8 Å². The summed E-state index contributed by atoms with van der Waals surface area (Å²) in [6.45, 7) is 4.27. The van der Waals surface area contributed by atoms with Gasteiger partial charge < -0.3 is 4.55 Å². The van der Waals surface area contributed by atoms with Crippen LogP contribution >= 0.6 is 0 Å². The van der Waals surface area contributed by atoms with Gasteiger partial charge in [0.2, 0.25) is 0 Å². The average Bonchev–Trinajstić information content (AvgIpc) is 2.48. The zero-order chi connectivity index (χ0) is 16.2. The van der Waals surface area contributed by atoms with Crippen molar-refractivity contribution >= 4 is 20.9 Å². The van der Waals surface area contributed by atoms with Crippen LogP contribution in [0.15, 0.2) is 35.2 Å². The van der Waals surface area contributed by atoms with E-state index < -0.39 is 10.1 Å². The first-order valence-electron chi connectivity index (χ1n) is 7.97. The van der Waals surface area contributed by atoms with Crippen LogP contribution in [0.4, 0.5) is 0 Å². The van der Waals surface area contributed by atoms with Crippen molar-refractivity contribution in [2.75, 3.05) is 0 Å². The minimum Gasteiger partial charge on any atom is -0.744 e. The maximum absolute atomic E-state index is 11.5. The van der Waals surface area contributed by atoms with Crippen molar-refractivity contribution in [3.8, 4) is 0 Å². The van der Waals surface area contributed by atoms with Crippen LogP contribution in [0.5, 0.6) is 0 Å². The molecule has 0 saturated heterocycles. The molecule has 0 unspecified atom stereocenters. The average molecular weight is 359 g/mol. The minimum absolute atomic E-state index is 0. The summed E-state index contributed by atoms with van der Waals surface area (Å²) in [6.07, 6.45) is 6.11.